The van der Waals surface area contributed by atoms with Crippen molar-refractivity contribution in [3.05, 3.63) is 24.3 Å². The van der Waals surface area contributed by atoms with Crippen molar-refractivity contribution in [1.29, 1.82) is 0 Å². The van der Waals surface area contributed by atoms with E-state index in [0.717, 1.165) is 18.8 Å². The molecule has 1 fully saturated rings. The summed E-state index contributed by atoms with van der Waals surface area (Å²) in [6.07, 6.45) is 2.54. The molecule has 7 heteroatoms. The van der Waals surface area contributed by atoms with Crippen molar-refractivity contribution >= 4 is 23.3 Å². The number of ether oxygens (including phenoxy) is 1. The molecule has 1 aliphatic rings. The van der Waals surface area contributed by atoms with E-state index >= 15 is 0 Å². The first-order valence-corrected chi connectivity index (χ1v) is 6.92. The minimum atomic E-state index is 0.123. The molecule has 7 nitrogen and oxygen atoms in total. The molecule has 2 heterocycles. The van der Waals surface area contributed by atoms with E-state index in [9.17, 15) is 0 Å². The van der Waals surface area contributed by atoms with Crippen molar-refractivity contribution in [2.45, 2.75) is 12.8 Å². The molecular weight excluding hydrogens is 268 g/mol. The fourth-order valence-corrected chi connectivity index (χ4v) is 2.38. The van der Waals surface area contributed by atoms with Gasteiger partial charge in [0, 0.05) is 24.5 Å². The second-order valence-electron chi connectivity index (χ2n) is 4.87. The monoisotopic (exact) mass is 286 g/mol. The van der Waals surface area contributed by atoms with Crippen LogP contribution in [0.1, 0.15) is 12.8 Å². The minimum Gasteiger partial charge on any atom is -0.467 e. The molecule has 0 spiro atoms. The van der Waals surface area contributed by atoms with Crippen LogP contribution in [0.15, 0.2) is 24.3 Å². The summed E-state index contributed by atoms with van der Waals surface area (Å²) < 4.78 is 4.97. The number of nitrogens with zero attached hydrogens (tertiary/aromatic N) is 4. The Morgan fingerprint density at radius 1 is 1.10 bits per heavy atom. The lowest BCUT2D eigenvalue weighted by atomic mass is 10.2. The molecule has 1 aromatic heterocycles. The van der Waals surface area contributed by atoms with Gasteiger partial charge in [-0.05, 0) is 37.1 Å². The summed E-state index contributed by atoms with van der Waals surface area (Å²) in [7, 11) is 1.49. The molecule has 0 atom stereocenters. The van der Waals surface area contributed by atoms with Crippen molar-refractivity contribution in [3.8, 4) is 6.01 Å². The number of rotatable bonds is 4. The fourth-order valence-electron chi connectivity index (χ4n) is 2.38. The summed E-state index contributed by atoms with van der Waals surface area (Å²) >= 11 is 0. The van der Waals surface area contributed by atoms with Crippen molar-refractivity contribution in [2.24, 2.45) is 0 Å². The first kappa shape index (κ1) is 13.4. The maximum atomic E-state index is 5.61. The average Bonchev–Trinajstić information content (AvgIpc) is 3.01. The number of aromatic nitrogens is 3. The summed E-state index contributed by atoms with van der Waals surface area (Å²) in [5.74, 6) is 0.492. The van der Waals surface area contributed by atoms with Gasteiger partial charge in [-0.3, -0.25) is 0 Å². The largest absolute Gasteiger partial charge is 0.467 e. The first-order chi connectivity index (χ1) is 10.2. The zero-order valence-corrected chi connectivity index (χ0v) is 11.9. The third kappa shape index (κ3) is 3.13. The highest BCUT2D eigenvalue weighted by atomic mass is 16.5. The highest BCUT2D eigenvalue weighted by molar-refractivity contribution is 5.59. The third-order valence-corrected chi connectivity index (χ3v) is 3.41. The molecule has 0 saturated carbocycles. The predicted molar refractivity (Wildman–Crippen MR) is 82.0 cm³/mol. The van der Waals surface area contributed by atoms with Crippen LogP contribution < -0.4 is 20.7 Å². The number of nitrogens with two attached hydrogens (primary N) is 1. The molecule has 1 saturated heterocycles. The van der Waals surface area contributed by atoms with Crippen LogP contribution in [0.2, 0.25) is 0 Å². The predicted octanol–water partition coefficient (Wildman–Crippen LogP) is 1.81. The normalized spacial score (nSPS) is 14.2. The second-order valence-corrected chi connectivity index (χ2v) is 4.87. The lowest BCUT2D eigenvalue weighted by molar-refractivity contribution is 0.380. The Morgan fingerprint density at radius 2 is 1.81 bits per heavy atom. The van der Waals surface area contributed by atoms with Crippen LogP contribution in [-0.2, 0) is 0 Å². The maximum Gasteiger partial charge on any atom is 0.322 e. The van der Waals surface area contributed by atoms with E-state index < -0.39 is 0 Å². The number of anilines is 4. The van der Waals surface area contributed by atoms with Crippen molar-refractivity contribution in [1.82, 2.24) is 15.0 Å². The number of nitrogens with one attached hydrogen (secondary N) is 1. The lowest BCUT2D eigenvalue weighted by Crippen LogP contribution is -2.17. The van der Waals surface area contributed by atoms with Crippen LogP contribution in [0, 0.1) is 0 Å². The Labute approximate surface area is 123 Å². The van der Waals surface area contributed by atoms with Gasteiger partial charge in [-0.2, -0.15) is 15.0 Å². The van der Waals surface area contributed by atoms with Crippen molar-refractivity contribution in [2.75, 3.05) is 36.1 Å². The van der Waals surface area contributed by atoms with E-state index in [1.54, 1.807) is 0 Å². The molecule has 21 heavy (non-hydrogen) atoms. The number of methoxy groups -OCH3 is 1. The molecule has 0 amide bonds. The van der Waals surface area contributed by atoms with E-state index in [-0.39, 0.29) is 12.0 Å². The fraction of sp³-hybridized carbons (Fsp3) is 0.357. The Bertz CT molecular complexity index is 609. The van der Waals surface area contributed by atoms with Gasteiger partial charge in [-0.1, -0.05) is 0 Å². The van der Waals surface area contributed by atoms with E-state index in [2.05, 4.69) is 37.3 Å². The summed E-state index contributed by atoms with van der Waals surface area (Å²) in [5, 5.41) is 3.10. The van der Waals surface area contributed by atoms with Gasteiger partial charge < -0.3 is 20.7 Å². The molecule has 2 aromatic rings. The number of benzene rings is 1. The van der Waals surface area contributed by atoms with Gasteiger partial charge in [-0.15, -0.1) is 0 Å². The van der Waals surface area contributed by atoms with Crippen LogP contribution in [0.4, 0.5) is 23.3 Å². The minimum absolute atomic E-state index is 0.123. The van der Waals surface area contributed by atoms with Gasteiger partial charge >= 0.3 is 6.01 Å². The topological polar surface area (TPSA) is 89.2 Å². The van der Waals surface area contributed by atoms with Crippen LogP contribution in [0.5, 0.6) is 6.01 Å². The molecule has 0 unspecified atom stereocenters. The van der Waals surface area contributed by atoms with Gasteiger partial charge in [0.15, 0.2) is 0 Å². The summed E-state index contributed by atoms with van der Waals surface area (Å²) in [6.45, 7) is 2.27. The van der Waals surface area contributed by atoms with Gasteiger partial charge in [-0.25, -0.2) is 0 Å². The molecule has 0 radical (unpaired) electrons. The summed E-state index contributed by atoms with van der Waals surface area (Å²) in [5.41, 5.74) is 7.74. The van der Waals surface area contributed by atoms with Crippen molar-refractivity contribution < 1.29 is 4.74 Å². The van der Waals surface area contributed by atoms with Crippen molar-refractivity contribution in [3.63, 3.8) is 0 Å². The van der Waals surface area contributed by atoms with Gasteiger partial charge in [0.05, 0.1) is 7.11 Å². The average molecular weight is 286 g/mol. The van der Waals surface area contributed by atoms with Crippen LogP contribution in [-0.4, -0.2) is 35.2 Å². The second kappa shape index (κ2) is 5.82. The van der Waals surface area contributed by atoms with E-state index in [1.165, 1.54) is 25.6 Å². The number of hydrogen-bond donors (Lipinski definition) is 2. The SMILES string of the molecule is COc1nc(N)nc(Nc2ccc(N3CCCC3)cc2)n1. The molecule has 0 bridgehead atoms. The van der Waals surface area contributed by atoms with E-state index in [1.807, 2.05) is 12.1 Å². The smallest absolute Gasteiger partial charge is 0.322 e. The first-order valence-electron chi connectivity index (χ1n) is 6.92. The van der Waals surface area contributed by atoms with Gasteiger partial charge in [0.1, 0.15) is 0 Å². The Balaban J connectivity index is 1.74. The van der Waals surface area contributed by atoms with Crippen LogP contribution in [0.3, 0.4) is 0 Å². The van der Waals surface area contributed by atoms with E-state index in [0.29, 0.717) is 5.95 Å². The summed E-state index contributed by atoms with van der Waals surface area (Å²) in [4.78, 5) is 14.4. The van der Waals surface area contributed by atoms with E-state index in [4.69, 9.17) is 10.5 Å². The standard InChI is InChI=1S/C14H18N6O/c1-21-14-18-12(15)17-13(19-14)16-10-4-6-11(7-5-10)20-8-2-3-9-20/h4-7H,2-3,8-9H2,1H3,(H3,15,16,17,18,19). The zero-order valence-electron chi connectivity index (χ0n) is 11.9. The Morgan fingerprint density at radius 3 is 2.48 bits per heavy atom. The lowest BCUT2D eigenvalue weighted by Gasteiger charge is -2.17. The summed E-state index contributed by atoms with van der Waals surface area (Å²) in [6, 6.07) is 8.38. The highest BCUT2D eigenvalue weighted by Gasteiger charge is 2.12. The molecule has 110 valence electrons. The highest BCUT2D eigenvalue weighted by Crippen LogP contribution is 2.23. The van der Waals surface area contributed by atoms with Gasteiger partial charge in [0.25, 0.3) is 0 Å². The Hall–Kier alpha value is -2.57. The molecule has 0 aliphatic carbocycles. The Kier molecular flexibility index (Phi) is 3.72. The molecule has 3 N–H and O–H groups in total. The molecule has 3 rings (SSSR count). The third-order valence-electron chi connectivity index (χ3n) is 3.41. The number of nitrogen functional groups attached to an aromatic ring is 1. The maximum absolute atomic E-state index is 5.61. The molecular formula is C14H18N6O. The van der Waals surface area contributed by atoms with Crippen LogP contribution >= 0.6 is 0 Å². The number of hydrogen-bond acceptors (Lipinski definition) is 7. The van der Waals surface area contributed by atoms with Crippen LogP contribution in [0.25, 0.3) is 0 Å². The quantitative estimate of drug-likeness (QED) is 0.885. The zero-order chi connectivity index (χ0) is 14.7. The molecule has 1 aromatic carbocycles. The molecule has 1 aliphatic heterocycles. The van der Waals surface area contributed by atoms with Gasteiger partial charge in [0.2, 0.25) is 11.9 Å².